The summed E-state index contributed by atoms with van der Waals surface area (Å²) in [6.45, 7) is 3.95. The van der Waals surface area contributed by atoms with Crippen LogP contribution in [0.15, 0.2) is 35.8 Å². The van der Waals surface area contributed by atoms with Crippen LogP contribution in [0.1, 0.15) is 12.0 Å². The second-order valence-electron chi connectivity index (χ2n) is 2.90. The third kappa shape index (κ3) is 1.01. The Morgan fingerprint density at radius 3 is 2.92 bits per heavy atom. The van der Waals surface area contributed by atoms with Gasteiger partial charge in [-0.2, -0.15) is 0 Å². The van der Waals surface area contributed by atoms with Crippen molar-refractivity contribution in [2.45, 2.75) is 6.42 Å². The van der Waals surface area contributed by atoms with E-state index >= 15 is 0 Å². The number of benzene rings is 1. The highest BCUT2D eigenvalue weighted by Gasteiger charge is 2.11. The van der Waals surface area contributed by atoms with E-state index in [2.05, 4.69) is 11.6 Å². The topological polar surface area (TPSA) is 38.4 Å². The lowest BCUT2D eigenvalue weighted by atomic mass is 10.00. The van der Waals surface area contributed by atoms with Gasteiger partial charge < -0.3 is 5.73 Å². The molecule has 0 aromatic heterocycles. The summed E-state index contributed by atoms with van der Waals surface area (Å²) in [6, 6.07) is 7.91. The van der Waals surface area contributed by atoms with Gasteiger partial charge in [0.1, 0.15) is 5.84 Å². The third-order valence-corrected chi connectivity index (χ3v) is 1.94. The molecule has 0 aliphatic carbocycles. The molecule has 0 unspecified atom stereocenters. The second-order valence-corrected chi connectivity index (χ2v) is 2.90. The van der Waals surface area contributed by atoms with E-state index in [1.54, 1.807) is 0 Å². The molecule has 12 heavy (non-hydrogen) atoms. The van der Waals surface area contributed by atoms with Crippen molar-refractivity contribution in [1.82, 2.24) is 0 Å². The molecule has 0 saturated heterocycles. The summed E-state index contributed by atoms with van der Waals surface area (Å²) >= 11 is 0. The van der Waals surface area contributed by atoms with Gasteiger partial charge in [-0.05, 0) is 11.6 Å². The molecule has 60 valence electrons. The summed E-state index contributed by atoms with van der Waals surface area (Å²) in [6.07, 6.45) is 0.691. The smallest absolute Gasteiger partial charge is 0.104 e. The van der Waals surface area contributed by atoms with Gasteiger partial charge in [0, 0.05) is 12.0 Å². The molecule has 1 aliphatic heterocycles. The van der Waals surface area contributed by atoms with Gasteiger partial charge in [0.05, 0.1) is 5.69 Å². The molecule has 1 heterocycles. The number of hydrogen-bond acceptors (Lipinski definition) is 2. The van der Waals surface area contributed by atoms with Crippen LogP contribution in [0.4, 0.5) is 5.69 Å². The first-order valence-corrected chi connectivity index (χ1v) is 3.87. The van der Waals surface area contributed by atoms with Crippen molar-refractivity contribution in [3.8, 4) is 0 Å². The predicted octanol–water partition coefficient (Wildman–Crippen LogP) is 2.09. The molecule has 0 saturated carbocycles. The zero-order valence-corrected chi connectivity index (χ0v) is 6.75. The first-order valence-electron chi connectivity index (χ1n) is 3.87. The summed E-state index contributed by atoms with van der Waals surface area (Å²) < 4.78 is 0. The first kappa shape index (κ1) is 7.10. The number of para-hydroxylation sites is 1. The summed E-state index contributed by atoms with van der Waals surface area (Å²) in [7, 11) is 0. The summed E-state index contributed by atoms with van der Waals surface area (Å²) in [4.78, 5) is 4.23. The van der Waals surface area contributed by atoms with Gasteiger partial charge in [0.2, 0.25) is 0 Å². The van der Waals surface area contributed by atoms with Gasteiger partial charge in [-0.25, -0.2) is 4.99 Å². The van der Waals surface area contributed by atoms with E-state index in [4.69, 9.17) is 5.73 Å². The van der Waals surface area contributed by atoms with Crippen molar-refractivity contribution in [2.75, 3.05) is 0 Å². The van der Waals surface area contributed by atoms with Gasteiger partial charge in [-0.1, -0.05) is 24.8 Å². The largest absolute Gasteiger partial charge is 0.387 e. The van der Waals surface area contributed by atoms with Crippen LogP contribution in [0.2, 0.25) is 0 Å². The van der Waals surface area contributed by atoms with Crippen molar-refractivity contribution in [1.29, 1.82) is 0 Å². The van der Waals surface area contributed by atoms with Gasteiger partial charge in [0.25, 0.3) is 0 Å². The van der Waals surface area contributed by atoms with E-state index in [1.165, 1.54) is 0 Å². The van der Waals surface area contributed by atoms with E-state index in [-0.39, 0.29) is 0 Å². The normalized spacial score (nSPS) is 15.3. The number of nitrogens with zero attached hydrogens (tertiary/aromatic N) is 1. The van der Waals surface area contributed by atoms with Crippen molar-refractivity contribution in [3.05, 3.63) is 36.4 Å². The van der Waals surface area contributed by atoms with Crippen molar-refractivity contribution >= 4 is 17.1 Å². The Morgan fingerprint density at radius 2 is 2.08 bits per heavy atom. The number of fused-ring (bicyclic) bond motifs is 1. The number of nitrogens with two attached hydrogens (primary N) is 1. The van der Waals surface area contributed by atoms with Crippen molar-refractivity contribution in [3.63, 3.8) is 0 Å². The van der Waals surface area contributed by atoms with Gasteiger partial charge in [-0.15, -0.1) is 0 Å². The maximum Gasteiger partial charge on any atom is 0.104 e. The molecule has 1 aliphatic rings. The molecule has 2 heteroatoms. The summed E-state index contributed by atoms with van der Waals surface area (Å²) in [5, 5.41) is 0. The van der Waals surface area contributed by atoms with E-state index in [1.807, 2.05) is 24.3 Å². The lowest BCUT2D eigenvalue weighted by Crippen LogP contribution is -2.14. The Bertz CT molecular complexity index is 364. The molecule has 2 rings (SSSR count). The summed E-state index contributed by atoms with van der Waals surface area (Å²) in [5.41, 5.74) is 8.74. The fourth-order valence-electron chi connectivity index (χ4n) is 1.38. The van der Waals surface area contributed by atoms with Gasteiger partial charge in [-0.3, -0.25) is 0 Å². The lowest BCUT2D eigenvalue weighted by molar-refractivity contribution is 1.30. The Kier molecular flexibility index (Phi) is 1.47. The molecule has 0 atom stereocenters. The minimum Gasteiger partial charge on any atom is -0.387 e. The van der Waals surface area contributed by atoms with Crippen LogP contribution in [0.5, 0.6) is 0 Å². The second kappa shape index (κ2) is 2.48. The van der Waals surface area contributed by atoms with E-state index in [0.717, 1.165) is 16.8 Å². The van der Waals surface area contributed by atoms with Crippen LogP contribution in [0.25, 0.3) is 5.57 Å². The molecule has 0 amide bonds. The van der Waals surface area contributed by atoms with Gasteiger partial charge in [0.15, 0.2) is 0 Å². The van der Waals surface area contributed by atoms with E-state index in [9.17, 15) is 0 Å². The molecule has 2 N–H and O–H groups in total. The SMILES string of the molecule is C=C1CC(N)=Nc2ccccc21. The Labute approximate surface area is 71.4 Å². The zero-order chi connectivity index (χ0) is 8.55. The Balaban J connectivity index is 2.62. The number of aliphatic imine (C=N–C) groups is 1. The van der Waals surface area contributed by atoms with Crippen LogP contribution >= 0.6 is 0 Å². The Hall–Kier alpha value is -1.57. The Morgan fingerprint density at radius 1 is 1.33 bits per heavy atom. The van der Waals surface area contributed by atoms with E-state index < -0.39 is 0 Å². The minimum absolute atomic E-state index is 0.652. The highest BCUT2D eigenvalue weighted by atomic mass is 14.9. The maximum atomic E-state index is 5.63. The fraction of sp³-hybridized carbons (Fsp3) is 0.100. The van der Waals surface area contributed by atoms with Crippen LogP contribution in [-0.2, 0) is 0 Å². The van der Waals surface area contributed by atoms with Crippen molar-refractivity contribution in [2.24, 2.45) is 10.7 Å². The highest BCUT2D eigenvalue weighted by molar-refractivity contribution is 5.98. The quantitative estimate of drug-likeness (QED) is 0.616. The van der Waals surface area contributed by atoms with Crippen LogP contribution < -0.4 is 5.73 Å². The minimum atomic E-state index is 0.652. The fourth-order valence-corrected chi connectivity index (χ4v) is 1.38. The maximum absolute atomic E-state index is 5.63. The molecule has 2 nitrogen and oxygen atoms in total. The van der Waals surface area contributed by atoms with Crippen LogP contribution in [0, 0.1) is 0 Å². The average Bonchev–Trinajstić information content (AvgIpc) is 2.04. The van der Waals surface area contributed by atoms with E-state index in [0.29, 0.717) is 12.3 Å². The number of hydrogen-bond donors (Lipinski definition) is 1. The average molecular weight is 158 g/mol. The monoisotopic (exact) mass is 158 g/mol. The van der Waals surface area contributed by atoms with Crippen LogP contribution in [0.3, 0.4) is 0 Å². The van der Waals surface area contributed by atoms with Gasteiger partial charge >= 0.3 is 0 Å². The molecular weight excluding hydrogens is 148 g/mol. The highest BCUT2D eigenvalue weighted by Crippen LogP contribution is 2.30. The lowest BCUT2D eigenvalue weighted by Gasteiger charge is -2.14. The molecular formula is C10H10N2. The molecule has 1 aromatic rings. The molecule has 0 bridgehead atoms. The number of rotatable bonds is 0. The predicted molar refractivity (Wildman–Crippen MR) is 51.4 cm³/mol. The number of amidine groups is 1. The summed E-state index contributed by atoms with van der Waals surface area (Å²) in [5.74, 6) is 0.652. The van der Waals surface area contributed by atoms with Crippen LogP contribution in [-0.4, -0.2) is 5.84 Å². The standard InChI is InChI=1S/C10H10N2/c1-7-6-10(11)12-9-5-3-2-4-8(7)9/h2-5H,1,6H2,(H2,11,12). The molecule has 1 aromatic carbocycles. The zero-order valence-electron chi connectivity index (χ0n) is 6.75. The third-order valence-electron chi connectivity index (χ3n) is 1.94. The first-order chi connectivity index (χ1) is 5.77. The molecule has 0 fully saturated rings. The van der Waals surface area contributed by atoms with Crippen molar-refractivity contribution < 1.29 is 0 Å². The molecule has 0 spiro atoms. The molecule has 0 radical (unpaired) electrons.